The van der Waals surface area contributed by atoms with Crippen LogP contribution < -0.4 is 5.32 Å². The number of aromatic nitrogens is 3. The fourth-order valence-corrected chi connectivity index (χ4v) is 3.25. The maximum atomic E-state index is 12.4. The van der Waals surface area contributed by atoms with Gasteiger partial charge in [-0.3, -0.25) is 4.79 Å². The molecule has 0 aliphatic carbocycles. The highest BCUT2D eigenvalue weighted by atomic mass is 35.5. The predicted molar refractivity (Wildman–Crippen MR) is 99.0 cm³/mol. The molecule has 0 saturated carbocycles. The number of aromatic amines is 1. The highest BCUT2D eigenvalue weighted by Gasteiger charge is 2.18. The maximum absolute atomic E-state index is 12.4. The standard InChI is InChI=1S/C16H14Cl2N4OS/c1-8-11(18)4-3-5-12(8)20-15(23)9(2)24-16-21-13-6-10(17)7-19-14(13)22-16/h3-7,9H,1-2H3,(H,20,23)(H,19,21,22)/t9-/m1/s1. The van der Waals surface area contributed by atoms with Gasteiger partial charge in [-0.05, 0) is 37.6 Å². The Balaban J connectivity index is 1.72. The lowest BCUT2D eigenvalue weighted by Gasteiger charge is -2.13. The van der Waals surface area contributed by atoms with Gasteiger partial charge in [0.1, 0.15) is 0 Å². The van der Waals surface area contributed by atoms with Crippen molar-refractivity contribution in [1.29, 1.82) is 0 Å². The molecule has 5 nitrogen and oxygen atoms in total. The molecule has 1 atom stereocenters. The van der Waals surface area contributed by atoms with E-state index >= 15 is 0 Å². The molecular formula is C16H14Cl2N4OS. The van der Waals surface area contributed by atoms with Crippen LogP contribution in [-0.2, 0) is 4.79 Å². The van der Waals surface area contributed by atoms with Gasteiger partial charge in [-0.25, -0.2) is 9.97 Å². The number of thioether (sulfide) groups is 1. The summed E-state index contributed by atoms with van der Waals surface area (Å²) in [5, 5.41) is 4.31. The highest BCUT2D eigenvalue weighted by molar-refractivity contribution is 8.00. The van der Waals surface area contributed by atoms with E-state index in [1.54, 1.807) is 18.2 Å². The Hall–Kier alpha value is -1.76. The van der Waals surface area contributed by atoms with Gasteiger partial charge in [0.2, 0.25) is 5.91 Å². The number of imidazole rings is 1. The lowest BCUT2D eigenvalue weighted by atomic mass is 10.2. The average molecular weight is 381 g/mol. The van der Waals surface area contributed by atoms with E-state index in [4.69, 9.17) is 23.2 Å². The van der Waals surface area contributed by atoms with Gasteiger partial charge in [-0.15, -0.1) is 0 Å². The van der Waals surface area contributed by atoms with Crippen molar-refractivity contribution in [2.45, 2.75) is 24.3 Å². The summed E-state index contributed by atoms with van der Waals surface area (Å²) in [6.45, 7) is 3.68. The summed E-state index contributed by atoms with van der Waals surface area (Å²) >= 11 is 13.3. The van der Waals surface area contributed by atoms with Gasteiger partial charge in [0.25, 0.3) is 0 Å². The number of hydrogen-bond donors (Lipinski definition) is 2. The quantitative estimate of drug-likeness (QED) is 0.643. The van der Waals surface area contributed by atoms with Crippen LogP contribution >= 0.6 is 35.0 Å². The molecule has 0 unspecified atom stereocenters. The molecule has 124 valence electrons. The molecule has 0 radical (unpaired) electrons. The van der Waals surface area contributed by atoms with E-state index in [-0.39, 0.29) is 11.2 Å². The van der Waals surface area contributed by atoms with Gasteiger partial charge in [-0.2, -0.15) is 0 Å². The summed E-state index contributed by atoms with van der Waals surface area (Å²) in [6.07, 6.45) is 1.54. The molecule has 0 fully saturated rings. The van der Waals surface area contributed by atoms with E-state index in [0.717, 1.165) is 11.1 Å². The van der Waals surface area contributed by atoms with E-state index in [9.17, 15) is 4.79 Å². The van der Waals surface area contributed by atoms with Crippen molar-refractivity contribution in [2.24, 2.45) is 0 Å². The number of H-pyrrole nitrogens is 1. The van der Waals surface area contributed by atoms with E-state index in [1.807, 2.05) is 19.9 Å². The zero-order valence-electron chi connectivity index (χ0n) is 12.9. The number of rotatable bonds is 4. The van der Waals surface area contributed by atoms with E-state index in [0.29, 0.717) is 26.5 Å². The first kappa shape index (κ1) is 17.1. The number of anilines is 1. The summed E-state index contributed by atoms with van der Waals surface area (Å²) < 4.78 is 0. The molecule has 24 heavy (non-hydrogen) atoms. The molecule has 0 bridgehead atoms. The molecule has 1 amide bonds. The zero-order chi connectivity index (χ0) is 17.3. The Morgan fingerprint density at radius 1 is 1.38 bits per heavy atom. The number of hydrogen-bond acceptors (Lipinski definition) is 4. The molecule has 0 aliphatic heterocycles. The number of benzene rings is 1. The SMILES string of the molecule is Cc1c(Cl)cccc1NC(=O)[C@@H](C)Sc1nc2ncc(Cl)cc2[nH]1. The minimum Gasteiger partial charge on any atom is -0.331 e. The molecule has 2 heterocycles. The molecule has 8 heteroatoms. The van der Waals surface area contributed by atoms with Crippen LogP contribution in [-0.4, -0.2) is 26.1 Å². The molecule has 1 aromatic carbocycles. The van der Waals surface area contributed by atoms with E-state index in [2.05, 4.69) is 20.3 Å². The number of carbonyl (C=O) groups is 1. The van der Waals surface area contributed by atoms with Crippen molar-refractivity contribution < 1.29 is 4.79 Å². The Kier molecular flexibility index (Phi) is 4.99. The molecule has 2 aromatic heterocycles. The third-order valence-electron chi connectivity index (χ3n) is 3.47. The third kappa shape index (κ3) is 3.66. The average Bonchev–Trinajstić information content (AvgIpc) is 2.93. The summed E-state index contributed by atoms with van der Waals surface area (Å²) in [5.74, 6) is -0.128. The summed E-state index contributed by atoms with van der Waals surface area (Å²) in [5.41, 5.74) is 2.86. The highest BCUT2D eigenvalue weighted by Crippen LogP contribution is 2.27. The predicted octanol–water partition coefficient (Wildman–Crippen LogP) is 4.69. The second-order valence-corrected chi connectivity index (χ2v) is 7.40. The van der Waals surface area contributed by atoms with Crippen molar-refractivity contribution in [3.63, 3.8) is 0 Å². The maximum Gasteiger partial charge on any atom is 0.237 e. The largest absolute Gasteiger partial charge is 0.331 e. The topological polar surface area (TPSA) is 70.7 Å². The number of halogens is 2. The second kappa shape index (κ2) is 7.01. The van der Waals surface area contributed by atoms with Crippen molar-refractivity contribution >= 4 is 57.7 Å². The third-order valence-corrected chi connectivity index (χ3v) is 5.07. The Morgan fingerprint density at radius 2 is 2.17 bits per heavy atom. The van der Waals surface area contributed by atoms with Crippen LogP contribution in [0.4, 0.5) is 5.69 Å². The summed E-state index contributed by atoms with van der Waals surface area (Å²) in [7, 11) is 0. The fourth-order valence-electron chi connectivity index (χ4n) is 2.11. The van der Waals surface area contributed by atoms with Gasteiger partial charge in [0, 0.05) is 16.9 Å². The van der Waals surface area contributed by atoms with Crippen LogP contribution in [0.3, 0.4) is 0 Å². The van der Waals surface area contributed by atoms with Crippen molar-refractivity contribution in [2.75, 3.05) is 5.32 Å². The first-order valence-corrected chi connectivity index (χ1v) is 8.81. The van der Waals surface area contributed by atoms with Crippen molar-refractivity contribution in [1.82, 2.24) is 15.0 Å². The monoisotopic (exact) mass is 380 g/mol. The van der Waals surface area contributed by atoms with Crippen LogP contribution in [0.2, 0.25) is 10.0 Å². The molecule has 3 rings (SSSR count). The zero-order valence-corrected chi connectivity index (χ0v) is 15.3. The second-order valence-electron chi connectivity index (χ2n) is 5.23. The molecule has 0 spiro atoms. The van der Waals surface area contributed by atoms with Crippen LogP contribution in [0.15, 0.2) is 35.6 Å². The van der Waals surface area contributed by atoms with Crippen molar-refractivity contribution in [3.8, 4) is 0 Å². The first-order valence-electron chi connectivity index (χ1n) is 7.18. The Morgan fingerprint density at radius 3 is 2.96 bits per heavy atom. The summed E-state index contributed by atoms with van der Waals surface area (Å²) in [4.78, 5) is 24.0. The summed E-state index contributed by atoms with van der Waals surface area (Å²) in [6, 6.07) is 7.17. The molecule has 0 aliphatic rings. The number of amides is 1. The Labute approximate surface area is 153 Å². The number of nitrogens with zero attached hydrogens (tertiary/aromatic N) is 2. The normalized spacial score (nSPS) is 12.3. The Bertz CT molecular complexity index is 912. The minimum absolute atomic E-state index is 0.128. The number of carbonyl (C=O) groups excluding carboxylic acids is 1. The number of fused-ring (bicyclic) bond motifs is 1. The fraction of sp³-hybridized carbons (Fsp3) is 0.188. The molecule has 2 N–H and O–H groups in total. The molecular weight excluding hydrogens is 367 g/mol. The van der Waals surface area contributed by atoms with Gasteiger partial charge in [0.15, 0.2) is 10.8 Å². The van der Waals surface area contributed by atoms with Gasteiger partial charge in [0.05, 0.1) is 15.8 Å². The first-order chi connectivity index (χ1) is 11.4. The van der Waals surface area contributed by atoms with E-state index < -0.39 is 0 Å². The van der Waals surface area contributed by atoms with Gasteiger partial charge < -0.3 is 10.3 Å². The smallest absolute Gasteiger partial charge is 0.237 e. The van der Waals surface area contributed by atoms with Crippen LogP contribution in [0.25, 0.3) is 11.2 Å². The van der Waals surface area contributed by atoms with Gasteiger partial charge >= 0.3 is 0 Å². The van der Waals surface area contributed by atoms with Crippen molar-refractivity contribution in [3.05, 3.63) is 46.1 Å². The lowest BCUT2D eigenvalue weighted by Crippen LogP contribution is -2.23. The lowest BCUT2D eigenvalue weighted by molar-refractivity contribution is -0.115. The molecule has 3 aromatic rings. The van der Waals surface area contributed by atoms with Gasteiger partial charge in [-0.1, -0.05) is 41.0 Å². The van der Waals surface area contributed by atoms with Crippen LogP contribution in [0.5, 0.6) is 0 Å². The number of nitrogens with one attached hydrogen (secondary N) is 2. The van der Waals surface area contributed by atoms with E-state index in [1.165, 1.54) is 18.0 Å². The minimum atomic E-state index is -0.348. The van der Waals surface area contributed by atoms with Crippen LogP contribution in [0.1, 0.15) is 12.5 Å². The van der Waals surface area contributed by atoms with Crippen LogP contribution in [0, 0.1) is 6.92 Å². The molecule has 0 saturated heterocycles. The number of pyridine rings is 1.